The van der Waals surface area contributed by atoms with Gasteiger partial charge in [-0.3, -0.25) is 0 Å². The molecule has 0 spiro atoms. The van der Waals surface area contributed by atoms with Crippen molar-refractivity contribution in [2.24, 2.45) is 4.99 Å². The number of benzene rings is 1. The van der Waals surface area contributed by atoms with Gasteiger partial charge in [-0.15, -0.1) is 24.0 Å². The van der Waals surface area contributed by atoms with Crippen LogP contribution < -0.4 is 15.5 Å². The van der Waals surface area contributed by atoms with E-state index in [1.54, 1.807) is 11.3 Å². The Labute approximate surface area is 177 Å². The van der Waals surface area contributed by atoms with Gasteiger partial charge in [-0.1, -0.05) is 12.1 Å². The van der Waals surface area contributed by atoms with E-state index in [1.165, 1.54) is 5.69 Å². The van der Waals surface area contributed by atoms with E-state index in [-0.39, 0.29) is 24.0 Å². The van der Waals surface area contributed by atoms with Gasteiger partial charge in [-0.05, 0) is 53.9 Å². The number of thiophene rings is 1. The Kier molecular flexibility index (Phi) is 9.38. The first-order chi connectivity index (χ1) is 11.9. The number of halogens is 1. The van der Waals surface area contributed by atoms with Crippen LogP contribution in [0.5, 0.6) is 0 Å². The Hall–Kier alpha value is -1.32. The molecule has 1 atom stereocenters. The first-order valence-corrected chi connectivity index (χ1v) is 9.40. The summed E-state index contributed by atoms with van der Waals surface area (Å²) in [7, 11) is 4.06. The van der Waals surface area contributed by atoms with Crippen LogP contribution in [0.2, 0.25) is 0 Å². The highest BCUT2D eigenvalue weighted by Gasteiger charge is 2.23. The van der Waals surface area contributed by atoms with Crippen molar-refractivity contribution in [3.05, 3.63) is 52.2 Å². The fourth-order valence-electron chi connectivity index (χ4n) is 2.34. The van der Waals surface area contributed by atoms with Gasteiger partial charge >= 0.3 is 0 Å². The van der Waals surface area contributed by atoms with Crippen LogP contribution in [0.3, 0.4) is 0 Å². The van der Waals surface area contributed by atoms with Gasteiger partial charge in [0.1, 0.15) is 5.60 Å². The van der Waals surface area contributed by atoms with E-state index in [0.717, 1.165) is 17.7 Å². The van der Waals surface area contributed by atoms with E-state index < -0.39 is 5.60 Å². The summed E-state index contributed by atoms with van der Waals surface area (Å²) in [4.78, 5) is 6.69. The second-order valence-corrected chi connectivity index (χ2v) is 7.18. The average Bonchev–Trinajstić information content (AvgIpc) is 3.13. The summed E-state index contributed by atoms with van der Waals surface area (Å²) in [6.07, 6.45) is 0. The Morgan fingerprint density at radius 1 is 1.19 bits per heavy atom. The molecule has 0 aliphatic carbocycles. The maximum Gasteiger partial charge on any atom is 0.191 e. The first kappa shape index (κ1) is 22.7. The SMILES string of the molecule is CCNC(=NCc1ccc(N(C)C)cc1)NCC(C)(O)c1ccsc1.I. The maximum atomic E-state index is 10.6. The third-order valence-electron chi connectivity index (χ3n) is 3.96. The predicted molar refractivity (Wildman–Crippen MR) is 123 cm³/mol. The zero-order valence-electron chi connectivity index (χ0n) is 15.8. The van der Waals surface area contributed by atoms with Crippen molar-refractivity contribution in [3.8, 4) is 0 Å². The number of guanidine groups is 1. The fraction of sp³-hybridized carbons (Fsp3) is 0.421. The molecule has 0 radical (unpaired) electrons. The van der Waals surface area contributed by atoms with Crippen LogP contribution in [-0.2, 0) is 12.1 Å². The molecule has 0 aliphatic rings. The molecule has 1 aromatic heterocycles. The summed E-state index contributed by atoms with van der Waals surface area (Å²) in [5, 5.41) is 21.0. The quantitative estimate of drug-likeness (QED) is 0.318. The first-order valence-electron chi connectivity index (χ1n) is 8.46. The van der Waals surface area contributed by atoms with Gasteiger partial charge in [0, 0.05) is 26.3 Å². The van der Waals surface area contributed by atoms with Crippen LogP contribution >= 0.6 is 35.3 Å². The van der Waals surface area contributed by atoms with Crippen molar-refractivity contribution < 1.29 is 5.11 Å². The minimum Gasteiger partial charge on any atom is -0.384 e. The molecule has 0 saturated heterocycles. The smallest absolute Gasteiger partial charge is 0.191 e. The molecule has 144 valence electrons. The topological polar surface area (TPSA) is 59.9 Å². The van der Waals surface area contributed by atoms with Gasteiger partial charge in [0.2, 0.25) is 0 Å². The minimum absolute atomic E-state index is 0. The summed E-state index contributed by atoms with van der Waals surface area (Å²) in [6.45, 7) is 5.59. The molecular formula is C19H29IN4OS. The van der Waals surface area contributed by atoms with Crippen LogP contribution in [-0.4, -0.2) is 38.3 Å². The minimum atomic E-state index is -0.927. The number of hydrogen-bond acceptors (Lipinski definition) is 4. The Bertz CT molecular complexity index is 669. The summed E-state index contributed by atoms with van der Waals surface area (Å²) >= 11 is 1.58. The zero-order chi connectivity index (χ0) is 18.3. The highest BCUT2D eigenvalue weighted by Crippen LogP contribution is 2.22. The van der Waals surface area contributed by atoms with Crippen LogP contribution in [0.15, 0.2) is 46.1 Å². The summed E-state index contributed by atoms with van der Waals surface area (Å²) < 4.78 is 0. The second kappa shape index (κ2) is 10.7. The van der Waals surface area contributed by atoms with Crippen molar-refractivity contribution in [3.63, 3.8) is 0 Å². The molecule has 0 amide bonds. The van der Waals surface area contributed by atoms with Crippen LogP contribution in [0, 0.1) is 0 Å². The van der Waals surface area contributed by atoms with Gasteiger partial charge in [0.25, 0.3) is 0 Å². The molecule has 0 saturated carbocycles. The molecule has 26 heavy (non-hydrogen) atoms. The van der Waals surface area contributed by atoms with Gasteiger partial charge in [-0.25, -0.2) is 4.99 Å². The molecular weight excluding hydrogens is 459 g/mol. The van der Waals surface area contributed by atoms with Gasteiger partial charge < -0.3 is 20.6 Å². The molecule has 1 aromatic carbocycles. The number of nitrogens with zero attached hydrogens (tertiary/aromatic N) is 2. The van der Waals surface area contributed by atoms with Crippen molar-refractivity contribution >= 4 is 47.0 Å². The molecule has 2 rings (SSSR count). The van der Waals surface area contributed by atoms with Crippen molar-refractivity contribution in [2.45, 2.75) is 26.0 Å². The maximum absolute atomic E-state index is 10.6. The van der Waals surface area contributed by atoms with Gasteiger partial charge in [0.15, 0.2) is 5.96 Å². The zero-order valence-corrected chi connectivity index (χ0v) is 19.0. The number of nitrogens with one attached hydrogen (secondary N) is 2. The van der Waals surface area contributed by atoms with Gasteiger partial charge in [-0.2, -0.15) is 11.3 Å². The predicted octanol–water partition coefficient (Wildman–Crippen LogP) is 3.39. The molecule has 0 aliphatic heterocycles. The third kappa shape index (κ3) is 6.77. The van der Waals surface area contributed by atoms with E-state index in [4.69, 9.17) is 0 Å². The lowest BCUT2D eigenvalue weighted by molar-refractivity contribution is 0.0621. The molecule has 5 nitrogen and oxygen atoms in total. The standard InChI is InChI=1S/C19H28N4OS.HI/c1-5-20-18(22-14-19(2,24)16-10-11-25-13-16)21-12-15-6-8-17(9-7-15)23(3)4;/h6-11,13,24H,5,12,14H2,1-4H3,(H2,20,21,22);1H. The average molecular weight is 488 g/mol. The molecule has 1 unspecified atom stereocenters. The largest absolute Gasteiger partial charge is 0.384 e. The lowest BCUT2D eigenvalue weighted by Gasteiger charge is -2.24. The lowest BCUT2D eigenvalue weighted by atomic mass is 9.99. The Morgan fingerprint density at radius 3 is 2.42 bits per heavy atom. The van der Waals surface area contributed by atoms with E-state index in [1.807, 2.05) is 44.8 Å². The number of hydrogen-bond donors (Lipinski definition) is 3. The number of aliphatic hydroxyl groups is 1. The van der Waals surface area contributed by atoms with E-state index in [0.29, 0.717) is 19.0 Å². The molecule has 0 fully saturated rings. The highest BCUT2D eigenvalue weighted by atomic mass is 127. The van der Waals surface area contributed by atoms with Crippen LogP contribution in [0.25, 0.3) is 0 Å². The monoisotopic (exact) mass is 488 g/mol. The molecule has 2 aromatic rings. The number of aliphatic imine (C=N–C) groups is 1. The molecule has 7 heteroatoms. The second-order valence-electron chi connectivity index (χ2n) is 6.40. The van der Waals surface area contributed by atoms with E-state index in [2.05, 4.69) is 44.8 Å². The van der Waals surface area contributed by atoms with Crippen molar-refractivity contribution in [2.75, 3.05) is 32.1 Å². The summed E-state index contributed by atoms with van der Waals surface area (Å²) in [5.74, 6) is 0.703. The summed E-state index contributed by atoms with van der Waals surface area (Å²) in [6, 6.07) is 10.3. The van der Waals surface area contributed by atoms with Crippen LogP contribution in [0.4, 0.5) is 5.69 Å². The molecule has 0 bridgehead atoms. The third-order valence-corrected chi connectivity index (χ3v) is 4.64. The highest BCUT2D eigenvalue weighted by molar-refractivity contribution is 14.0. The molecule has 3 N–H and O–H groups in total. The van der Waals surface area contributed by atoms with E-state index in [9.17, 15) is 5.11 Å². The van der Waals surface area contributed by atoms with Crippen LogP contribution in [0.1, 0.15) is 25.0 Å². The Balaban J connectivity index is 0.00000338. The number of anilines is 1. The fourth-order valence-corrected chi connectivity index (χ4v) is 3.12. The Morgan fingerprint density at radius 2 is 1.88 bits per heavy atom. The van der Waals surface area contributed by atoms with Gasteiger partial charge in [0.05, 0.1) is 13.1 Å². The number of rotatable bonds is 7. The summed E-state index contributed by atoms with van der Waals surface area (Å²) in [5.41, 5.74) is 2.31. The molecule has 1 heterocycles. The van der Waals surface area contributed by atoms with E-state index >= 15 is 0 Å². The van der Waals surface area contributed by atoms with Crippen molar-refractivity contribution in [1.29, 1.82) is 0 Å². The normalized spacial score (nSPS) is 13.5. The van der Waals surface area contributed by atoms with Crippen molar-refractivity contribution in [1.82, 2.24) is 10.6 Å². The lowest BCUT2D eigenvalue weighted by Crippen LogP contribution is -2.44.